The number of aromatic carboxylic acids is 1. The molecule has 1 aromatic carbocycles. The van der Waals surface area contributed by atoms with Crippen LogP contribution in [-0.4, -0.2) is 15.6 Å². The molecular formula is C14H10BrNO2S. The lowest BCUT2D eigenvalue weighted by Crippen LogP contribution is -2.03. The molecule has 0 atom stereocenters. The summed E-state index contributed by atoms with van der Waals surface area (Å²) in [5, 5.41) is 10.2. The number of carbonyl (C=O) groups is 1. The quantitative estimate of drug-likeness (QED) is 0.778. The van der Waals surface area contributed by atoms with Crippen LogP contribution in [0.15, 0.2) is 46.4 Å². The van der Waals surface area contributed by atoms with Crippen LogP contribution in [0.1, 0.15) is 15.2 Å². The van der Waals surface area contributed by atoms with Gasteiger partial charge in [-0.3, -0.25) is 0 Å². The molecule has 1 N–H and O–H groups in total. The van der Waals surface area contributed by atoms with Crippen molar-refractivity contribution in [3.63, 3.8) is 0 Å². The van der Waals surface area contributed by atoms with Crippen LogP contribution in [0.5, 0.6) is 0 Å². The number of fused-ring (bicyclic) bond motifs is 1. The van der Waals surface area contributed by atoms with Gasteiger partial charge in [-0.2, -0.15) is 0 Å². The molecule has 0 amide bonds. The van der Waals surface area contributed by atoms with Crippen LogP contribution in [0.4, 0.5) is 0 Å². The van der Waals surface area contributed by atoms with Crippen molar-refractivity contribution >= 4 is 44.1 Å². The van der Waals surface area contributed by atoms with Gasteiger partial charge in [0.25, 0.3) is 0 Å². The van der Waals surface area contributed by atoms with Gasteiger partial charge in [-0.05, 0) is 40.2 Å². The monoisotopic (exact) mass is 335 g/mol. The number of nitrogens with zero attached hydrogens (tertiary/aromatic N) is 1. The van der Waals surface area contributed by atoms with Gasteiger partial charge in [-0.15, -0.1) is 11.3 Å². The van der Waals surface area contributed by atoms with E-state index in [1.54, 1.807) is 23.5 Å². The van der Waals surface area contributed by atoms with Gasteiger partial charge >= 0.3 is 5.97 Å². The van der Waals surface area contributed by atoms with Crippen molar-refractivity contribution in [2.45, 2.75) is 6.54 Å². The zero-order valence-electron chi connectivity index (χ0n) is 9.84. The van der Waals surface area contributed by atoms with Crippen molar-refractivity contribution in [2.24, 2.45) is 0 Å². The number of hydrogen-bond donors (Lipinski definition) is 1. The smallest absolute Gasteiger partial charge is 0.337 e. The van der Waals surface area contributed by atoms with Crippen molar-refractivity contribution in [1.82, 2.24) is 4.57 Å². The number of aromatic nitrogens is 1. The van der Waals surface area contributed by atoms with E-state index in [0.29, 0.717) is 12.1 Å². The fourth-order valence-electron chi connectivity index (χ4n) is 2.17. The van der Waals surface area contributed by atoms with Gasteiger partial charge in [-0.1, -0.05) is 12.1 Å². The molecule has 0 radical (unpaired) electrons. The molecule has 3 rings (SSSR count). The fourth-order valence-corrected chi connectivity index (χ4v) is 3.65. The normalized spacial score (nSPS) is 11.0. The maximum absolute atomic E-state index is 11.3. The summed E-state index contributed by atoms with van der Waals surface area (Å²) in [6.07, 6.45) is 1.94. The van der Waals surface area contributed by atoms with Gasteiger partial charge in [0.05, 0.1) is 21.4 Å². The maximum atomic E-state index is 11.3. The second-order valence-electron chi connectivity index (χ2n) is 4.20. The third-order valence-electron chi connectivity index (χ3n) is 2.97. The Hall–Kier alpha value is -1.59. The minimum absolute atomic E-state index is 0.345. The van der Waals surface area contributed by atoms with E-state index in [-0.39, 0.29) is 0 Å². The number of carboxylic acid groups (broad SMARTS) is 1. The molecule has 0 aliphatic rings. The summed E-state index contributed by atoms with van der Waals surface area (Å²) in [6, 6.07) is 11.4. The zero-order valence-corrected chi connectivity index (χ0v) is 12.2. The summed E-state index contributed by atoms with van der Waals surface area (Å²) in [7, 11) is 0. The number of rotatable bonds is 3. The summed E-state index contributed by atoms with van der Waals surface area (Å²) in [4.78, 5) is 12.5. The van der Waals surface area contributed by atoms with E-state index in [1.807, 2.05) is 35.0 Å². The van der Waals surface area contributed by atoms with Crippen LogP contribution in [0.25, 0.3) is 10.9 Å². The van der Waals surface area contributed by atoms with Crippen LogP contribution >= 0.6 is 27.3 Å². The van der Waals surface area contributed by atoms with Crippen LogP contribution in [0, 0.1) is 0 Å². The van der Waals surface area contributed by atoms with Gasteiger partial charge in [-0.25, -0.2) is 4.79 Å². The molecule has 0 aliphatic carbocycles. The molecule has 2 heterocycles. The highest BCUT2D eigenvalue weighted by atomic mass is 79.9. The SMILES string of the molecule is O=C(O)c1cccc2ccn(Cc3ccc(Br)s3)c12. The molecule has 0 unspecified atom stereocenters. The van der Waals surface area contributed by atoms with Crippen LogP contribution in [0.3, 0.4) is 0 Å². The summed E-state index contributed by atoms with van der Waals surface area (Å²) < 4.78 is 3.06. The summed E-state index contributed by atoms with van der Waals surface area (Å²) >= 11 is 5.10. The molecule has 3 aromatic rings. The number of para-hydroxylation sites is 1. The van der Waals surface area contributed by atoms with E-state index in [1.165, 1.54) is 4.88 Å². The molecule has 0 saturated carbocycles. The molecule has 0 saturated heterocycles. The van der Waals surface area contributed by atoms with E-state index < -0.39 is 5.97 Å². The Kier molecular flexibility index (Phi) is 3.16. The zero-order chi connectivity index (χ0) is 13.4. The first-order chi connectivity index (χ1) is 9.15. The van der Waals surface area contributed by atoms with Gasteiger partial charge in [0.1, 0.15) is 0 Å². The lowest BCUT2D eigenvalue weighted by molar-refractivity contribution is 0.0698. The summed E-state index contributed by atoms with van der Waals surface area (Å²) in [6.45, 7) is 0.685. The van der Waals surface area contributed by atoms with Crippen molar-refractivity contribution in [1.29, 1.82) is 0 Å². The highest BCUT2D eigenvalue weighted by molar-refractivity contribution is 9.11. The first kappa shape index (κ1) is 12.4. The predicted octanol–water partition coefficient (Wildman–Crippen LogP) is 4.21. The van der Waals surface area contributed by atoms with Gasteiger partial charge < -0.3 is 9.67 Å². The predicted molar refractivity (Wildman–Crippen MR) is 80.0 cm³/mol. The Bertz CT molecular complexity index is 760. The van der Waals surface area contributed by atoms with E-state index in [2.05, 4.69) is 15.9 Å². The van der Waals surface area contributed by atoms with Crippen molar-refractivity contribution in [2.75, 3.05) is 0 Å². The molecule has 19 heavy (non-hydrogen) atoms. The summed E-state index contributed by atoms with van der Waals surface area (Å²) in [5.74, 6) is -0.891. The minimum atomic E-state index is -0.891. The Morgan fingerprint density at radius 3 is 2.79 bits per heavy atom. The number of benzene rings is 1. The number of thiophene rings is 1. The topological polar surface area (TPSA) is 42.2 Å². The number of carboxylic acids is 1. The third kappa shape index (κ3) is 2.31. The Morgan fingerprint density at radius 2 is 2.11 bits per heavy atom. The van der Waals surface area contributed by atoms with Crippen molar-refractivity contribution in [3.8, 4) is 0 Å². The Balaban J connectivity index is 2.11. The molecular weight excluding hydrogens is 326 g/mol. The van der Waals surface area contributed by atoms with E-state index >= 15 is 0 Å². The fraction of sp³-hybridized carbons (Fsp3) is 0.0714. The highest BCUT2D eigenvalue weighted by Gasteiger charge is 2.12. The van der Waals surface area contributed by atoms with Crippen LogP contribution < -0.4 is 0 Å². The van der Waals surface area contributed by atoms with Gasteiger partial charge in [0.15, 0.2) is 0 Å². The summed E-state index contributed by atoms with van der Waals surface area (Å²) in [5.41, 5.74) is 1.12. The van der Waals surface area contributed by atoms with Crippen molar-refractivity contribution < 1.29 is 9.90 Å². The third-order valence-corrected chi connectivity index (χ3v) is 4.58. The Labute approximate surface area is 122 Å². The van der Waals surface area contributed by atoms with Crippen molar-refractivity contribution in [3.05, 3.63) is 56.8 Å². The van der Waals surface area contributed by atoms with E-state index in [4.69, 9.17) is 0 Å². The molecule has 0 aliphatic heterocycles. The van der Waals surface area contributed by atoms with E-state index in [0.717, 1.165) is 14.7 Å². The minimum Gasteiger partial charge on any atom is -0.478 e. The van der Waals surface area contributed by atoms with Crippen LogP contribution in [-0.2, 0) is 6.54 Å². The second kappa shape index (κ2) is 4.83. The van der Waals surface area contributed by atoms with Gasteiger partial charge in [0, 0.05) is 16.5 Å². The average Bonchev–Trinajstić information content (AvgIpc) is 2.97. The highest BCUT2D eigenvalue weighted by Crippen LogP contribution is 2.26. The molecule has 0 fully saturated rings. The Morgan fingerprint density at radius 1 is 1.26 bits per heavy atom. The largest absolute Gasteiger partial charge is 0.478 e. The molecule has 5 heteroatoms. The average molecular weight is 336 g/mol. The lowest BCUT2D eigenvalue weighted by Gasteiger charge is -2.06. The standard InChI is InChI=1S/C14H10BrNO2S/c15-12-5-4-10(19-12)8-16-7-6-9-2-1-3-11(13(9)16)14(17)18/h1-7H,8H2,(H,17,18). The van der Waals surface area contributed by atoms with Crippen LogP contribution in [0.2, 0.25) is 0 Å². The van der Waals surface area contributed by atoms with Gasteiger partial charge in [0.2, 0.25) is 0 Å². The molecule has 3 nitrogen and oxygen atoms in total. The molecule has 0 bridgehead atoms. The maximum Gasteiger partial charge on any atom is 0.337 e. The molecule has 2 aromatic heterocycles. The first-order valence-electron chi connectivity index (χ1n) is 5.70. The lowest BCUT2D eigenvalue weighted by atomic mass is 10.1. The first-order valence-corrected chi connectivity index (χ1v) is 7.31. The molecule has 0 spiro atoms. The number of hydrogen-bond acceptors (Lipinski definition) is 2. The van der Waals surface area contributed by atoms with E-state index in [9.17, 15) is 9.90 Å². The molecule has 96 valence electrons. The second-order valence-corrected chi connectivity index (χ2v) is 6.75. The number of halogens is 1.